The number of nitrogens with zero attached hydrogens (tertiary/aromatic N) is 2. The Morgan fingerprint density at radius 2 is 1.76 bits per heavy atom. The number of carboxylic acid groups (broad SMARTS) is 1. The molecule has 1 rings (SSSR count). The number of urea groups is 1. The zero-order valence-corrected chi connectivity index (χ0v) is 10.7. The van der Waals surface area contributed by atoms with Crippen molar-refractivity contribution < 1.29 is 14.7 Å². The highest BCUT2D eigenvalue weighted by Crippen LogP contribution is 2.06. The van der Waals surface area contributed by atoms with Crippen molar-refractivity contribution in [1.82, 2.24) is 15.1 Å². The number of aliphatic carboxylic acids is 1. The number of carbonyl (C=O) groups excluding carboxylic acids is 1. The number of piperazine rings is 1. The van der Waals surface area contributed by atoms with Gasteiger partial charge in [0.2, 0.25) is 0 Å². The molecule has 2 N–H and O–H groups in total. The van der Waals surface area contributed by atoms with Gasteiger partial charge in [0.05, 0.1) is 0 Å². The molecule has 1 saturated heterocycles. The summed E-state index contributed by atoms with van der Waals surface area (Å²) < 4.78 is 0. The third-order valence-corrected chi connectivity index (χ3v) is 3.06. The zero-order chi connectivity index (χ0) is 13.1. The molecule has 0 radical (unpaired) electrons. The van der Waals surface area contributed by atoms with Crippen LogP contribution in [0.1, 0.15) is 20.8 Å². The molecule has 98 valence electrons. The minimum Gasteiger partial charge on any atom is -0.480 e. The van der Waals surface area contributed by atoms with Gasteiger partial charge in [-0.1, -0.05) is 6.92 Å². The van der Waals surface area contributed by atoms with Crippen LogP contribution in [0.15, 0.2) is 0 Å². The van der Waals surface area contributed by atoms with E-state index in [1.54, 1.807) is 4.90 Å². The topological polar surface area (TPSA) is 72.9 Å². The van der Waals surface area contributed by atoms with E-state index in [0.29, 0.717) is 13.1 Å². The van der Waals surface area contributed by atoms with Crippen LogP contribution in [0.2, 0.25) is 0 Å². The number of rotatable bonds is 3. The van der Waals surface area contributed by atoms with Gasteiger partial charge in [0.25, 0.3) is 0 Å². The van der Waals surface area contributed by atoms with Crippen molar-refractivity contribution in [2.24, 2.45) is 0 Å². The third-order valence-electron chi connectivity index (χ3n) is 3.06. The fourth-order valence-electron chi connectivity index (χ4n) is 1.67. The molecule has 2 amide bonds. The number of carboxylic acids is 1. The minimum absolute atomic E-state index is 0.298. The van der Waals surface area contributed by atoms with Crippen molar-refractivity contribution in [3.8, 4) is 0 Å². The Bertz CT molecular complexity index is 296. The summed E-state index contributed by atoms with van der Waals surface area (Å²) in [7, 11) is 0. The molecule has 0 aromatic carbocycles. The first-order chi connectivity index (χ1) is 7.86. The second kappa shape index (κ2) is 5.35. The van der Waals surface area contributed by atoms with Crippen LogP contribution in [-0.4, -0.2) is 65.2 Å². The number of likely N-dealkylation sites (N-methyl/N-ethyl adjacent to an activating group) is 1. The molecule has 0 saturated carbocycles. The quantitative estimate of drug-likeness (QED) is 0.742. The number of nitrogens with one attached hydrogen (secondary N) is 1. The molecule has 1 fully saturated rings. The fraction of sp³-hybridized carbons (Fsp3) is 0.818. The maximum absolute atomic E-state index is 11.8. The lowest BCUT2D eigenvalue weighted by Crippen LogP contribution is -2.58. The molecule has 0 aromatic heterocycles. The van der Waals surface area contributed by atoms with Gasteiger partial charge in [-0.25, -0.2) is 9.59 Å². The first kappa shape index (κ1) is 13.8. The van der Waals surface area contributed by atoms with Crippen LogP contribution in [0, 0.1) is 0 Å². The highest BCUT2D eigenvalue weighted by molar-refractivity contribution is 5.85. The van der Waals surface area contributed by atoms with Crippen LogP contribution in [0.4, 0.5) is 4.79 Å². The van der Waals surface area contributed by atoms with Gasteiger partial charge in [-0.05, 0) is 20.4 Å². The molecule has 1 heterocycles. The third kappa shape index (κ3) is 3.59. The van der Waals surface area contributed by atoms with E-state index in [4.69, 9.17) is 5.11 Å². The molecular formula is C11H21N3O3. The predicted molar refractivity (Wildman–Crippen MR) is 63.9 cm³/mol. The van der Waals surface area contributed by atoms with Gasteiger partial charge in [-0.2, -0.15) is 0 Å². The Hall–Kier alpha value is -1.30. The molecule has 0 atom stereocenters. The molecule has 6 heteroatoms. The van der Waals surface area contributed by atoms with Gasteiger partial charge in [0, 0.05) is 26.2 Å². The maximum atomic E-state index is 11.8. The number of amides is 2. The second-order valence-electron chi connectivity index (χ2n) is 4.78. The number of hydrogen-bond acceptors (Lipinski definition) is 3. The second-order valence-corrected chi connectivity index (χ2v) is 4.78. The average Bonchev–Trinajstić information content (AvgIpc) is 2.28. The van der Waals surface area contributed by atoms with Gasteiger partial charge in [-0.15, -0.1) is 0 Å². The number of hydrogen-bond donors (Lipinski definition) is 2. The lowest BCUT2D eigenvalue weighted by molar-refractivity contribution is -0.143. The van der Waals surface area contributed by atoms with Crippen molar-refractivity contribution in [3.05, 3.63) is 0 Å². The van der Waals surface area contributed by atoms with Gasteiger partial charge >= 0.3 is 12.0 Å². The standard InChI is InChI=1S/C11H21N3O3/c1-4-13-5-7-14(8-6-13)10(17)12-11(2,3)9(15)16/h4-8H2,1-3H3,(H,12,17)(H,15,16). The van der Waals surface area contributed by atoms with Crippen molar-refractivity contribution in [2.45, 2.75) is 26.3 Å². The van der Waals surface area contributed by atoms with E-state index < -0.39 is 11.5 Å². The zero-order valence-electron chi connectivity index (χ0n) is 10.7. The van der Waals surface area contributed by atoms with Crippen LogP contribution < -0.4 is 5.32 Å². The molecule has 0 spiro atoms. The monoisotopic (exact) mass is 243 g/mol. The molecule has 0 bridgehead atoms. The van der Waals surface area contributed by atoms with Crippen LogP contribution in [-0.2, 0) is 4.79 Å². The van der Waals surface area contributed by atoms with E-state index in [9.17, 15) is 9.59 Å². The van der Waals surface area contributed by atoms with E-state index in [0.717, 1.165) is 19.6 Å². The maximum Gasteiger partial charge on any atom is 0.328 e. The Morgan fingerprint density at radius 1 is 1.24 bits per heavy atom. The minimum atomic E-state index is -1.22. The summed E-state index contributed by atoms with van der Waals surface area (Å²) >= 11 is 0. The highest BCUT2D eigenvalue weighted by atomic mass is 16.4. The smallest absolute Gasteiger partial charge is 0.328 e. The van der Waals surface area contributed by atoms with Gasteiger partial charge in [0.15, 0.2) is 0 Å². The average molecular weight is 243 g/mol. The van der Waals surface area contributed by atoms with Crippen LogP contribution in [0.3, 0.4) is 0 Å². The molecule has 6 nitrogen and oxygen atoms in total. The molecule has 0 aromatic rings. The lowest BCUT2D eigenvalue weighted by Gasteiger charge is -2.35. The molecule has 17 heavy (non-hydrogen) atoms. The Balaban J connectivity index is 2.47. The molecular weight excluding hydrogens is 222 g/mol. The molecule has 0 aliphatic carbocycles. The summed E-state index contributed by atoms with van der Waals surface area (Å²) in [5.41, 5.74) is -1.22. The number of carbonyl (C=O) groups is 2. The summed E-state index contributed by atoms with van der Waals surface area (Å²) in [6.07, 6.45) is 0. The highest BCUT2D eigenvalue weighted by Gasteiger charge is 2.31. The largest absolute Gasteiger partial charge is 0.480 e. The SMILES string of the molecule is CCN1CCN(C(=O)NC(C)(C)C(=O)O)CC1. The van der Waals surface area contributed by atoms with Crippen molar-refractivity contribution in [1.29, 1.82) is 0 Å². The van der Waals surface area contributed by atoms with Gasteiger partial charge in [-0.3, -0.25) is 0 Å². The Kier molecular flexibility index (Phi) is 4.34. The summed E-state index contributed by atoms with van der Waals surface area (Å²) in [6, 6.07) is -0.298. The molecule has 1 aliphatic rings. The predicted octanol–water partition coefficient (Wildman–Crippen LogP) is 0.197. The molecule has 0 unspecified atom stereocenters. The van der Waals surface area contributed by atoms with Crippen molar-refractivity contribution >= 4 is 12.0 Å². The normalized spacial score (nSPS) is 17.9. The summed E-state index contributed by atoms with van der Waals surface area (Å²) in [5, 5.41) is 11.5. The van der Waals surface area contributed by atoms with E-state index >= 15 is 0 Å². The van der Waals surface area contributed by atoms with E-state index in [2.05, 4.69) is 17.1 Å². The van der Waals surface area contributed by atoms with Crippen LogP contribution in [0.5, 0.6) is 0 Å². The summed E-state index contributed by atoms with van der Waals surface area (Å²) in [4.78, 5) is 26.7. The first-order valence-electron chi connectivity index (χ1n) is 5.89. The van der Waals surface area contributed by atoms with Crippen LogP contribution >= 0.6 is 0 Å². The summed E-state index contributed by atoms with van der Waals surface area (Å²) in [5.74, 6) is -1.03. The van der Waals surface area contributed by atoms with E-state index in [-0.39, 0.29) is 6.03 Å². The van der Waals surface area contributed by atoms with E-state index in [1.807, 2.05) is 0 Å². The lowest BCUT2D eigenvalue weighted by atomic mass is 10.1. The van der Waals surface area contributed by atoms with Gasteiger partial charge < -0.3 is 20.2 Å². The first-order valence-corrected chi connectivity index (χ1v) is 5.89. The fourth-order valence-corrected chi connectivity index (χ4v) is 1.67. The Morgan fingerprint density at radius 3 is 2.18 bits per heavy atom. The van der Waals surface area contributed by atoms with E-state index in [1.165, 1.54) is 13.8 Å². The van der Waals surface area contributed by atoms with Crippen molar-refractivity contribution in [2.75, 3.05) is 32.7 Å². The van der Waals surface area contributed by atoms with Crippen molar-refractivity contribution in [3.63, 3.8) is 0 Å². The van der Waals surface area contributed by atoms with Gasteiger partial charge in [0.1, 0.15) is 5.54 Å². The van der Waals surface area contributed by atoms with Crippen LogP contribution in [0.25, 0.3) is 0 Å². The Labute approximate surface area is 102 Å². The summed E-state index contributed by atoms with van der Waals surface area (Å²) in [6.45, 7) is 9.02. The molecule has 1 aliphatic heterocycles.